The van der Waals surface area contributed by atoms with E-state index in [2.05, 4.69) is 22.6 Å². The summed E-state index contributed by atoms with van der Waals surface area (Å²) in [5.74, 6) is -0.0695. The predicted octanol–water partition coefficient (Wildman–Crippen LogP) is 4.50. The van der Waals surface area contributed by atoms with E-state index in [0.717, 1.165) is 31.6 Å². The highest BCUT2D eigenvalue weighted by molar-refractivity contribution is 6.04. The molecule has 0 radical (unpaired) electrons. The van der Waals surface area contributed by atoms with E-state index in [-0.39, 0.29) is 5.56 Å². The molecule has 0 bridgehead atoms. The zero-order valence-corrected chi connectivity index (χ0v) is 16.9. The fourth-order valence-electron chi connectivity index (χ4n) is 4.08. The predicted molar refractivity (Wildman–Crippen MR) is 111 cm³/mol. The molecular formula is C23H26F3N3O. The van der Waals surface area contributed by atoms with Crippen LogP contribution >= 0.6 is 0 Å². The molecule has 160 valence electrons. The van der Waals surface area contributed by atoms with E-state index in [9.17, 15) is 18.0 Å². The topological polar surface area (TPSA) is 44.4 Å². The SMILES string of the molecule is CN1CCC(N[C@@H]2C[C@H]2c2ccc(NC(=O)c3cccc(C(F)(F)F)c3)cc2)CC1. The van der Waals surface area contributed by atoms with Crippen LogP contribution in [0.2, 0.25) is 0 Å². The molecule has 1 amide bonds. The Balaban J connectivity index is 1.32. The van der Waals surface area contributed by atoms with Crippen LogP contribution in [-0.4, -0.2) is 43.0 Å². The van der Waals surface area contributed by atoms with E-state index >= 15 is 0 Å². The number of nitrogens with one attached hydrogen (secondary N) is 2. The van der Waals surface area contributed by atoms with Crippen molar-refractivity contribution in [3.05, 3.63) is 65.2 Å². The first-order chi connectivity index (χ1) is 14.3. The number of hydrogen-bond acceptors (Lipinski definition) is 3. The van der Waals surface area contributed by atoms with Gasteiger partial charge in [-0.05, 0) is 75.3 Å². The van der Waals surface area contributed by atoms with Crippen LogP contribution < -0.4 is 10.6 Å². The van der Waals surface area contributed by atoms with Crippen LogP contribution in [0, 0.1) is 0 Å². The average molecular weight is 417 g/mol. The van der Waals surface area contributed by atoms with Gasteiger partial charge in [0.2, 0.25) is 0 Å². The van der Waals surface area contributed by atoms with Crippen molar-refractivity contribution in [2.45, 2.75) is 43.4 Å². The van der Waals surface area contributed by atoms with E-state index < -0.39 is 17.6 Å². The fourth-order valence-corrected chi connectivity index (χ4v) is 4.08. The van der Waals surface area contributed by atoms with Gasteiger partial charge in [-0.25, -0.2) is 0 Å². The Hall–Kier alpha value is -2.38. The number of amides is 1. The second-order valence-electron chi connectivity index (χ2n) is 8.35. The summed E-state index contributed by atoms with van der Waals surface area (Å²) in [6, 6.07) is 13.1. The molecule has 4 nitrogen and oxygen atoms in total. The van der Waals surface area contributed by atoms with Crippen molar-refractivity contribution in [3.63, 3.8) is 0 Å². The van der Waals surface area contributed by atoms with E-state index in [1.165, 1.54) is 30.5 Å². The molecular weight excluding hydrogens is 391 g/mol. The van der Waals surface area contributed by atoms with Gasteiger partial charge < -0.3 is 15.5 Å². The van der Waals surface area contributed by atoms with Gasteiger partial charge in [0.25, 0.3) is 5.91 Å². The Kier molecular flexibility index (Phi) is 5.84. The van der Waals surface area contributed by atoms with E-state index in [0.29, 0.717) is 23.7 Å². The van der Waals surface area contributed by atoms with E-state index in [1.807, 2.05) is 24.3 Å². The highest BCUT2D eigenvalue weighted by Gasteiger charge is 2.39. The molecule has 0 unspecified atom stereocenters. The number of nitrogens with zero attached hydrogens (tertiary/aromatic N) is 1. The van der Waals surface area contributed by atoms with Gasteiger partial charge in [0.1, 0.15) is 0 Å². The number of hydrogen-bond donors (Lipinski definition) is 2. The molecule has 0 aromatic heterocycles. The summed E-state index contributed by atoms with van der Waals surface area (Å²) in [4.78, 5) is 14.7. The third-order valence-electron chi connectivity index (χ3n) is 6.01. The fraction of sp³-hybridized carbons (Fsp3) is 0.435. The first kappa shape index (κ1) is 20.9. The van der Waals surface area contributed by atoms with Crippen LogP contribution in [0.3, 0.4) is 0 Å². The molecule has 30 heavy (non-hydrogen) atoms. The molecule has 2 aromatic carbocycles. The van der Waals surface area contributed by atoms with E-state index in [4.69, 9.17) is 0 Å². The largest absolute Gasteiger partial charge is 0.416 e. The lowest BCUT2D eigenvalue weighted by atomic mass is 10.0. The number of carbonyl (C=O) groups is 1. The third kappa shape index (κ3) is 5.02. The normalized spacial score (nSPS) is 22.7. The van der Waals surface area contributed by atoms with Crippen molar-refractivity contribution in [1.82, 2.24) is 10.2 Å². The lowest BCUT2D eigenvalue weighted by Gasteiger charge is -2.29. The summed E-state index contributed by atoms with van der Waals surface area (Å²) in [5.41, 5.74) is 0.944. The second kappa shape index (κ2) is 8.40. The second-order valence-corrected chi connectivity index (χ2v) is 8.35. The van der Waals surface area contributed by atoms with Gasteiger partial charge in [-0.3, -0.25) is 4.79 Å². The Bertz CT molecular complexity index is 889. The van der Waals surface area contributed by atoms with Gasteiger partial charge >= 0.3 is 6.18 Å². The maximum atomic E-state index is 12.8. The monoisotopic (exact) mass is 417 g/mol. The maximum Gasteiger partial charge on any atom is 0.416 e. The standard InChI is InChI=1S/C23H26F3N3O/c1-29-11-9-19(10-12-29)27-21-14-20(21)15-5-7-18(8-6-15)28-22(30)16-3-2-4-17(13-16)23(24,25)26/h2-8,13,19-21,27H,9-12,14H2,1H3,(H,28,30)/t20-,21+/m0/s1. The molecule has 1 saturated carbocycles. The minimum Gasteiger partial charge on any atom is -0.322 e. The number of anilines is 1. The Morgan fingerprint density at radius 3 is 2.43 bits per heavy atom. The first-order valence-corrected chi connectivity index (χ1v) is 10.3. The minimum atomic E-state index is -4.47. The van der Waals surface area contributed by atoms with Gasteiger partial charge in [-0.15, -0.1) is 0 Å². The van der Waals surface area contributed by atoms with Gasteiger partial charge in [-0.2, -0.15) is 13.2 Å². The van der Waals surface area contributed by atoms with Crippen LogP contribution in [0.5, 0.6) is 0 Å². The van der Waals surface area contributed by atoms with Crippen molar-refractivity contribution in [1.29, 1.82) is 0 Å². The van der Waals surface area contributed by atoms with Crippen LogP contribution in [0.25, 0.3) is 0 Å². The molecule has 1 heterocycles. The van der Waals surface area contributed by atoms with Gasteiger partial charge in [0.05, 0.1) is 5.56 Å². The van der Waals surface area contributed by atoms with Crippen LogP contribution in [0.1, 0.15) is 46.7 Å². The summed E-state index contributed by atoms with van der Waals surface area (Å²) >= 11 is 0. The third-order valence-corrected chi connectivity index (χ3v) is 6.01. The van der Waals surface area contributed by atoms with Crippen LogP contribution in [0.15, 0.2) is 48.5 Å². The summed E-state index contributed by atoms with van der Waals surface area (Å²) in [5, 5.41) is 6.44. The van der Waals surface area contributed by atoms with Crippen molar-refractivity contribution in [3.8, 4) is 0 Å². The molecule has 2 fully saturated rings. The lowest BCUT2D eigenvalue weighted by molar-refractivity contribution is -0.137. The number of piperidine rings is 1. The number of rotatable bonds is 5. The smallest absolute Gasteiger partial charge is 0.322 e. The number of halogens is 3. The quantitative estimate of drug-likeness (QED) is 0.753. The summed E-state index contributed by atoms with van der Waals surface area (Å²) in [6.07, 6.45) is -0.997. The van der Waals surface area contributed by atoms with Gasteiger partial charge in [0, 0.05) is 29.3 Å². The molecule has 0 spiro atoms. The van der Waals surface area contributed by atoms with Crippen molar-refractivity contribution < 1.29 is 18.0 Å². The summed E-state index contributed by atoms with van der Waals surface area (Å²) < 4.78 is 38.5. The van der Waals surface area contributed by atoms with Crippen molar-refractivity contribution >= 4 is 11.6 Å². The molecule has 7 heteroatoms. The highest BCUT2D eigenvalue weighted by atomic mass is 19.4. The first-order valence-electron chi connectivity index (χ1n) is 10.3. The molecule has 1 aliphatic carbocycles. The van der Waals surface area contributed by atoms with Crippen molar-refractivity contribution in [2.75, 3.05) is 25.5 Å². The van der Waals surface area contributed by atoms with E-state index in [1.54, 1.807) is 0 Å². The summed E-state index contributed by atoms with van der Waals surface area (Å²) in [6.45, 7) is 2.27. The maximum absolute atomic E-state index is 12.8. The molecule has 2 aliphatic rings. The Morgan fingerprint density at radius 1 is 1.07 bits per heavy atom. The molecule has 1 aliphatic heterocycles. The molecule has 1 saturated heterocycles. The number of alkyl halides is 3. The zero-order valence-electron chi connectivity index (χ0n) is 16.9. The van der Waals surface area contributed by atoms with Gasteiger partial charge in [0.15, 0.2) is 0 Å². The molecule has 4 rings (SSSR count). The summed E-state index contributed by atoms with van der Waals surface area (Å²) in [7, 11) is 2.16. The zero-order chi connectivity index (χ0) is 21.3. The molecule has 2 aromatic rings. The van der Waals surface area contributed by atoms with Crippen LogP contribution in [-0.2, 0) is 6.18 Å². The highest BCUT2D eigenvalue weighted by Crippen LogP contribution is 2.41. The minimum absolute atomic E-state index is 0.0153. The number of benzene rings is 2. The van der Waals surface area contributed by atoms with Crippen molar-refractivity contribution in [2.24, 2.45) is 0 Å². The lowest BCUT2D eigenvalue weighted by Crippen LogP contribution is -2.41. The molecule has 2 N–H and O–H groups in total. The number of carbonyl (C=O) groups excluding carboxylic acids is 1. The van der Waals surface area contributed by atoms with Gasteiger partial charge in [-0.1, -0.05) is 18.2 Å². The Morgan fingerprint density at radius 2 is 1.77 bits per heavy atom. The number of likely N-dealkylation sites (tertiary alicyclic amines) is 1. The van der Waals surface area contributed by atoms with Crippen LogP contribution in [0.4, 0.5) is 18.9 Å². The average Bonchev–Trinajstić information content (AvgIpc) is 3.49. The Labute approximate surface area is 174 Å². The molecule has 2 atom stereocenters.